The summed E-state index contributed by atoms with van der Waals surface area (Å²) in [7, 11) is 0. The number of alkyl halides is 2. The summed E-state index contributed by atoms with van der Waals surface area (Å²) in [5.41, 5.74) is 2.42. The molecule has 0 aromatic heterocycles. The fourth-order valence-corrected chi connectivity index (χ4v) is 1.70. The Balaban J connectivity index is 0.00000128. The molecule has 0 aliphatic carbocycles. The van der Waals surface area contributed by atoms with Crippen molar-refractivity contribution < 1.29 is 13.5 Å². The van der Waals surface area contributed by atoms with E-state index in [2.05, 4.69) is 5.32 Å². The largest absolute Gasteiger partial charge is 0.488 e. The summed E-state index contributed by atoms with van der Waals surface area (Å²) in [6.07, 6.45) is -1.48. The van der Waals surface area contributed by atoms with Gasteiger partial charge in [0.15, 0.2) is 0 Å². The highest BCUT2D eigenvalue weighted by Crippen LogP contribution is 2.20. The third-order valence-electron chi connectivity index (χ3n) is 2.44. The van der Waals surface area contributed by atoms with Crippen LogP contribution in [-0.4, -0.2) is 19.6 Å². The van der Waals surface area contributed by atoms with Gasteiger partial charge in [-0.15, -0.1) is 12.4 Å². The number of halogens is 3. The average molecular weight is 250 g/mol. The van der Waals surface area contributed by atoms with Crippen LogP contribution in [0, 0.1) is 0 Å². The van der Waals surface area contributed by atoms with Crippen molar-refractivity contribution in [3.8, 4) is 5.75 Å². The predicted molar refractivity (Wildman–Crippen MR) is 60.6 cm³/mol. The van der Waals surface area contributed by atoms with Crippen molar-refractivity contribution in [2.75, 3.05) is 13.2 Å². The highest BCUT2D eigenvalue weighted by Gasteiger charge is 2.10. The van der Waals surface area contributed by atoms with Gasteiger partial charge in [0.1, 0.15) is 12.4 Å². The highest BCUT2D eigenvalue weighted by molar-refractivity contribution is 5.85. The fraction of sp³-hybridized carbons (Fsp3) is 0.455. The first kappa shape index (κ1) is 13.2. The first-order chi connectivity index (χ1) is 7.25. The van der Waals surface area contributed by atoms with Crippen LogP contribution in [0.15, 0.2) is 18.2 Å². The number of fused-ring (bicyclic) bond motifs is 1. The lowest BCUT2D eigenvalue weighted by Gasteiger charge is -2.17. The van der Waals surface area contributed by atoms with Crippen molar-refractivity contribution in [1.29, 1.82) is 0 Å². The molecule has 1 heterocycles. The Morgan fingerprint density at radius 3 is 2.88 bits per heavy atom. The van der Waals surface area contributed by atoms with Crippen molar-refractivity contribution in [3.05, 3.63) is 29.3 Å². The van der Waals surface area contributed by atoms with Crippen molar-refractivity contribution in [2.24, 2.45) is 0 Å². The molecular weight excluding hydrogens is 236 g/mol. The van der Waals surface area contributed by atoms with Crippen molar-refractivity contribution in [3.63, 3.8) is 0 Å². The minimum absolute atomic E-state index is 0. The number of benzene rings is 1. The monoisotopic (exact) mass is 249 g/mol. The van der Waals surface area contributed by atoms with Crippen molar-refractivity contribution >= 4 is 12.4 Å². The Morgan fingerprint density at radius 1 is 1.31 bits per heavy atom. The summed E-state index contributed by atoms with van der Waals surface area (Å²) < 4.78 is 28.8. The molecule has 0 amide bonds. The van der Waals surface area contributed by atoms with Crippen LogP contribution >= 0.6 is 12.4 Å². The maximum atomic E-state index is 11.9. The molecule has 0 atom stereocenters. The van der Waals surface area contributed by atoms with Gasteiger partial charge in [0.2, 0.25) is 0 Å². The van der Waals surface area contributed by atoms with E-state index in [1.165, 1.54) is 11.1 Å². The Bertz CT molecular complexity index is 347. The maximum absolute atomic E-state index is 11.9. The molecule has 90 valence electrons. The summed E-state index contributed by atoms with van der Waals surface area (Å²) >= 11 is 0. The van der Waals surface area contributed by atoms with Gasteiger partial charge in [-0.2, -0.15) is 0 Å². The molecule has 2 rings (SSSR count). The number of hydrogen-bond acceptors (Lipinski definition) is 2. The van der Waals surface area contributed by atoms with Crippen molar-refractivity contribution in [1.82, 2.24) is 5.32 Å². The van der Waals surface area contributed by atoms with Gasteiger partial charge in [-0.25, -0.2) is 8.78 Å². The van der Waals surface area contributed by atoms with Gasteiger partial charge in [-0.3, -0.25) is 0 Å². The molecule has 0 radical (unpaired) electrons. The van der Waals surface area contributed by atoms with Crippen molar-refractivity contribution in [2.45, 2.75) is 19.4 Å². The van der Waals surface area contributed by atoms with Crippen LogP contribution in [0.4, 0.5) is 8.78 Å². The minimum Gasteiger partial charge on any atom is -0.488 e. The molecule has 5 heteroatoms. The molecule has 0 saturated carbocycles. The molecule has 1 aliphatic rings. The Labute approximate surface area is 99.4 Å². The Morgan fingerprint density at radius 2 is 2.12 bits per heavy atom. The lowest BCUT2D eigenvalue weighted by molar-refractivity contribution is 0.0818. The molecule has 0 spiro atoms. The Kier molecular flexibility index (Phi) is 4.96. The number of nitrogens with one attached hydrogen (secondary N) is 1. The van der Waals surface area contributed by atoms with E-state index in [0.717, 1.165) is 19.5 Å². The first-order valence-electron chi connectivity index (χ1n) is 4.99. The van der Waals surface area contributed by atoms with Gasteiger partial charge in [-0.05, 0) is 36.2 Å². The molecule has 0 saturated heterocycles. The van der Waals surface area contributed by atoms with Crippen LogP contribution in [0.2, 0.25) is 0 Å². The Hall–Kier alpha value is -0.870. The second-order valence-corrected chi connectivity index (χ2v) is 3.56. The van der Waals surface area contributed by atoms with E-state index >= 15 is 0 Å². The topological polar surface area (TPSA) is 21.3 Å². The van der Waals surface area contributed by atoms with E-state index in [-0.39, 0.29) is 12.4 Å². The molecular formula is C11H14ClF2NO. The van der Waals surface area contributed by atoms with Gasteiger partial charge >= 0.3 is 0 Å². The summed E-state index contributed by atoms with van der Waals surface area (Å²) in [6, 6.07) is 5.54. The molecule has 1 aromatic carbocycles. The SMILES string of the molecule is Cl.FC(F)COc1ccc2c(c1)CCNC2. The van der Waals surface area contributed by atoms with E-state index < -0.39 is 13.0 Å². The summed E-state index contributed by atoms with van der Waals surface area (Å²) in [4.78, 5) is 0. The zero-order chi connectivity index (χ0) is 10.7. The maximum Gasteiger partial charge on any atom is 0.272 e. The minimum atomic E-state index is -2.41. The van der Waals surface area contributed by atoms with E-state index in [0.29, 0.717) is 5.75 Å². The van der Waals surface area contributed by atoms with Crippen LogP contribution in [0.3, 0.4) is 0 Å². The third kappa shape index (κ3) is 3.32. The molecule has 1 aromatic rings. The van der Waals surface area contributed by atoms with Crippen LogP contribution in [0.5, 0.6) is 5.75 Å². The standard InChI is InChI=1S/C11H13F2NO.ClH/c12-11(13)7-15-10-2-1-9-6-14-4-3-8(9)5-10;/h1-2,5,11,14H,3-4,6-7H2;1H. The first-order valence-corrected chi connectivity index (χ1v) is 4.99. The van der Waals surface area contributed by atoms with E-state index in [1.807, 2.05) is 12.1 Å². The van der Waals surface area contributed by atoms with Gasteiger partial charge in [0, 0.05) is 6.54 Å². The molecule has 16 heavy (non-hydrogen) atoms. The zero-order valence-corrected chi connectivity index (χ0v) is 9.53. The molecule has 0 bridgehead atoms. The van der Waals surface area contributed by atoms with Crippen LogP contribution in [0.25, 0.3) is 0 Å². The van der Waals surface area contributed by atoms with Crippen LogP contribution < -0.4 is 10.1 Å². The van der Waals surface area contributed by atoms with Crippen LogP contribution in [0.1, 0.15) is 11.1 Å². The molecule has 0 unspecified atom stereocenters. The summed E-state index contributed by atoms with van der Waals surface area (Å²) in [5.74, 6) is 0.538. The lowest BCUT2D eigenvalue weighted by atomic mass is 10.0. The summed E-state index contributed by atoms with van der Waals surface area (Å²) in [6.45, 7) is 1.26. The smallest absolute Gasteiger partial charge is 0.272 e. The predicted octanol–water partition coefficient (Wildman–Crippen LogP) is 2.40. The second kappa shape index (κ2) is 6.01. The molecule has 2 nitrogen and oxygen atoms in total. The van der Waals surface area contributed by atoms with E-state index in [9.17, 15) is 8.78 Å². The number of rotatable bonds is 3. The quantitative estimate of drug-likeness (QED) is 0.888. The van der Waals surface area contributed by atoms with E-state index in [1.54, 1.807) is 6.07 Å². The summed E-state index contributed by atoms with van der Waals surface area (Å²) in [5, 5.41) is 3.25. The molecule has 1 aliphatic heterocycles. The van der Waals surface area contributed by atoms with Crippen LogP contribution in [-0.2, 0) is 13.0 Å². The highest BCUT2D eigenvalue weighted by atomic mass is 35.5. The normalized spacial score (nSPS) is 14.2. The molecule has 0 fully saturated rings. The average Bonchev–Trinajstić information content (AvgIpc) is 2.26. The number of ether oxygens (including phenoxy) is 1. The lowest BCUT2D eigenvalue weighted by Crippen LogP contribution is -2.23. The van der Waals surface area contributed by atoms with E-state index in [4.69, 9.17) is 4.74 Å². The second-order valence-electron chi connectivity index (χ2n) is 3.56. The van der Waals surface area contributed by atoms with Gasteiger partial charge in [0.25, 0.3) is 6.43 Å². The van der Waals surface area contributed by atoms with Gasteiger partial charge < -0.3 is 10.1 Å². The zero-order valence-electron chi connectivity index (χ0n) is 8.71. The fourth-order valence-electron chi connectivity index (χ4n) is 1.70. The van der Waals surface area contributed by atoms with Gasteiger partial charge in [-0.1, -0.05) is 6.07 Å². The number of hydrogen-bond donors (Lipinski definition) is 1. The van der Waals surface area contributed by atoms with Gasteiger partial charge in [0.05, 0.1) is 0 Å². The molecule has 1 N–H and O–H groups in total. The third-order valence-corrected chi connectivity index (χ3v) is 2.44.